The van der Waals surface area contributed by atoms with Crippen LogP contribution in [0, 0.1) is 5.92 Å². The highest BCUT2D eigenvalue weighted by Crippen LogP contribution is 2.38. The van der Waals surface area contributed by atoms with E-state index in [0.717, 1.165) is 25.9 Å². The summed E-state index contributed by atoms with van der Waals surface area (Å²) in [6, 6.07) is 0.460. The van der Waals surface area contributed by atoms with Crippen molar-refractivity contribution in [3.8, 4) is 0 Å². The molecule has 0 aromatic carbocycles. The zero-order valence-electron chi connectivity index (χ0n) is 18.3. The van der Waals surface area contributed by atoms with Crippen molar-refractivity contribution in [3.05, 3.63) is 71.1 Å². The molecule has 1 aliphatic carbocycles. The number of likely N-dealkylation sites (tertiary alicyclic amines) is 1. The van der Waals surface area contributed by atoms with Crippen LogP contribution >= 0.6 is 0 Å². The van der Waals surface area contributed by atoms with Gasteiger partial charge in [0.25, 0.3) is 0 Å². The van der Waals surface area contributed by atoms with Gasteiger partial charge in [-0.3, -0.25) is 0 Å². The summed E-state index contributed by atoms with van der Waals surface area (Å²) in [5, 5.41) is 3.72. The molecule has 2 unspecified atom stereocenters. The molecule has 1 N–H and O–H groups in total. The molecule has 0 saturated carbocycles. The molecule has 0 amide bonds. The zero-order valence-corrected chi connectivity index (χ0v) is 18.3. The smallest absolute Gasteiger partial charge is 0.0566 e. The molecule has 0 radical (unpaired) electrons. The van der Waals surface area contributed by atoms with Crippen LogP contribution in [0.1, 0.15) is 45.4 Å². The minimum absolute atomic E-state index is 0.460. The van der Waals surface area contributed by atoms with Crippen LogP contribution < -0.4 is 5.32 Å². The Labute approximate surface area is 177 Å². The Morgan fingerprint density at radius 1 is 1.07 bits per heavy atom. The van der Waals surface area contributed by atoms with Crippen LogP contribution in [0.15, 0.2) is 71.1 Å². The van der Waals surface area contributed by atoms with Gasteiger partial charge in [0.1, 0.15) is 0 Å². The highest BCUT2D eigenvalue weighted by atomic mass is 15.1. The quantitative estimate of drug-likeness (QED) is 0.732. The van der Waals surface area contributed by atoms with Crippen LogP contribution in [0.2, 0.25) is 0 Å². The van der Waals surface area contributed by atoms with Gasteiger partial charge in [0.05, 0.1) is 6.04 Å². The maximum Gasteiger partial charge on any atom is 0.0566 e. The van der Waals surface area contributed by atoms with E-state index < -0.39 is 0 Å². The van der Waals surface area contributed by atoms with Gasteiger partial charge in [-0.1, -0.05) is 37.3 Å². The molecule has 0 bridgehead atoms. The molecule has 0 aromatic heterocycles. The van der Waals surface area contributed by atoms with E-state index in [0.29, 0.717) is 12.0 Å². The van der Waals surface area contributed by atoms with E-state index in [9.17, 15) is 0 Å². The van der Waals surface area contributed by atoms with Crippen LogP contribution in [0.25, 0.3) is 0 Å². The fourth-order valence-electron chi connectivity index (χ4n) is 5.35. The summed E-state index contributed by atoms with van der Waals surface area (Å²) in [6.45, 7) is 10.7. The van der Waals surface area contributed by atoms with E-state index in [1.54, 1.807) is 11.1 Å². The van der Waals surface area contributed by atoms with Gasteiger partial charge in [0.15, 0.2) is 0 Å². The summed E-state index contributed by atoms with van der Waals surface area (Å²) in [4.78, 5) is 5.06. The predicted octanol–water partition coefficient (Wildman–Crippen LogP) is 4.94. The van der Waals surface area contributed by atoms with Crippen molar-refractivity contribution in [3.63, 3.8) is 0 Å². The van der Waals surface area contributed by atoms with Gasteiger partial charge in [-0.05, 0) is 87.0 Å². The number of hydrogen-bond acceptors (Lipinski definition) is 3. The largest absolute Gasteiger partial charge is 0.383 e. The maximum absolute atomic E-state index is 4.06. The first-order valence-corrected chi connectivity index (χ1v) is 11.5. The fraction of sp³-hybridized carbons (Fsp3) is 0.538. The van der Waals surface area contributed by atoms with Crippen molar-refractivity contribution in [2.75, 3.05) is 33.2 Å². The van der Waals surface area contributed by atoms with Gasteiger partial charge in [0.2, 0.25) is 0 Å². The van der Waals surface area contributed by atoms with Gasteiger partial charge in [-0.15, -0.1) is 0 Å². The lowest BCUT2D eigenvalue weighted by molar-refractivity contribution is 0.272. The molecule has 1 saturated heterocycles. The maximum atomic E-state index is 4.06. The van der Waals surface area contributed by atoms with Gasteiger partial charge in [0, 0.05) is 31.4 Å². The summed E-state index contributed by atoms with van der Waals surface area (Å²) in [7, 11) is 2.27. The van der Waals surface area contributed by atoms with Crippen molar-refractivity contribution in [2.24, 2.45) is 5.92 Å². The van der Waals surface area contributed by atoms with Gasteiger partial charge in [-0.2, -0.15) is 0 Å². The number of nitrogens with zero attached hydrogens (tertiary/aromatic N) is 2. The second kappa shape index (κ2) is 9.21. The molecule has 3 heterocycles. The molecular formula is C26H37N3. The lowest BCUT2D eigenvalue weighted by Crippen LogP contribution is -2.35. The van der Waals surface area contributed by atoms with E-state index in [1.807, 2.05) is 6.08 Å². The molecule has 4 aliphatic rings. The van der Waals surface area contributed by atoms with Crippen molar-refractivity contribution in [1.29, 1.82) is 0 Å². The summed E-state index contributed by atoms with van der Waals surface area (Å²) in [5.41, 5.74) is 7.43. The Morgan fingerprint density at radius 2 is 1.97 bits per heavy atom. The molecule has 156 valence electrons. The van der Waals surface area contributed by atoms with E-state index in [-0.39, 0.29) is 0 Å². The second-order valence-electron chi connectivity index (χ2n) is 9.01. The lowest BCUT2D eigenvalue weighted by Gasteiger charge is -2.36. The van der Waals surface area contributed by atoms with Crippen LogP contribution in [0.5, 0.6) is 0 Å². The summed E-state index contributed by atoms with van der Waals surface area (Å²) in [6.07, 6.45) is 21.1. The Balaban J connectivity index is 1.47. The van der Waals surface area contributed by atoms with E-state index >= 15 is 0 Å². The van der Waals surface area contributed by atoms with Crippen molar-refractivity contribution in [2.45, 2.75) is 51.5 Å². The van der Waals surface area contributed by atoms with Crippen molar-refractivity contribution in [1.82, 2.24) is 15.1 Å². The summed E-state index contributed by atoms with van der Waals surface area (Å²) >= 11 is 0. The molecule has 2 atom stereocenters. The fourth-order valence-corrected chi connectivity index (χ4v) is 5.35. The Hall–Kier alpha value is -2.00. The number of fused-ring (bicyclic) bond motifs is 1. The molecule has 3 nitrogen and oxygen atoms in total. The van der Waals surface area contributed by atoms with Crippen molar-refractivity contribution < 1.29 is 0 Å². The van der Waals surface area contributed by atoms with Gasteiger partial charge < -0.3 is 15.1 Å². The molecule has 1 fully saturated rings. The Bertz CT molecular complexity index is 780. The highest BCUT2D eigenvalue weighted by molar-refractivity contribution is 5.48. The number of hydrogen-bond donors (Lipinski definition) is 1. The zero-order chi connectivity index (χ0) is 20.2. The average Bonchev–Trinajstić information content (AvgIpc) is 3.15. The third kappa shape index (κ3) is 4.45. The molecule has 29 heavy (non-hydrogen) atoms. The van der Waals surface area contributed by atoms with Gasteiger partial charge >= 0.3 is 0 Å². The van der Waals surface area contributed by atoms with E-state index in [2.05, 4.69) is 66.2 Å². The Morgan fingerprint density at radius 3 is 2.79 bits per heavy atom. The van der Waals surface area contributed by atoms with E-state index in [1.165, 1.54) is 55.6 Å². The van der Waals surface area contributed by atoms with Crippen LogP contribution in [-0.2, 0) is 0 Å². The van der Waals surface area contributed by atoms with Crippen molar-refractivity contribution >= 4 is 0 Å². The lowest BCUT2D eigenvalue weighted by atomic mass is 9.82. The molecule has 3 heteroatoms. The predicted molar refractivity (Wildman–Crippen MR) is 123 cm³/mol. The average molecular weight is 392 g/mol. The Kier molecular flexibility index (Phi) is 6.44. The molecular weight excluding hydrogens is 354 g/mol. The molecule has 0 aromatic rings. The third-order valence-electron chi connectivity index (χ3n) is 7.10. The first-order chi connectivity index (χ1) is 14.2. The second-order valence-corrected chi connectivity index (χ2v) is 9.01. The standard InChI is InChI=1S/C26H37N3/c1-4-8-21-13-16-29(19-20(21)5-2)23-10-11-24-25(18-27-26(24)17-23)22-9-6-7-14-28(3)15-12-22/h4-5,8,10-11,18,22,26-27H,2,6-7,9,12-17,19H2,1,3H3/b8-4-. The third-order valence-corrected chi connectivity index (χ3v) is 7.10. The first-order valence-electron chi connectivity index (χ1n) is 11.5. The van der Waals surface area contributed by atoms with E-state index in [4.69, 9.17) is 0 Å². The molecule has 3 aliphatic heterocycles. The van der Waals surface area contributed by atoms with Crippen LogP contribution in [0.4, 0.5) is 0 Å². The first kappa shape index (κ1) is 20.3. The SMILES string of the molecule is C=CC1=C(/C=C\C)CCN(C2=CC=C3C(C4CCCCN(C)CC4)=CNC3C2)C1. The normalized spacial score (nSPS) is 28.9. The highest BCUT2D eigenvalue weighted by Gasteiger charge is 2.32. The monoisotopic (exact) mass is 391 g/mol. The number of allylic oxidation sites excluding steroid dienone is 4. The summed E-state index contributed by atoms with van der Waals surface area (Å²) < 4.78 is 0. The topological polar surface area (TPSA) is 18.5 Å². The van der Waals surface area contributed by atoms with Gasteiger partial charge in [-0.25, -0.2) is 0 Å². The minimum Gasteiger partial charge on any atom is -0.383 e. The number of rotatable bonds is 4. The molecule has 0 spiro atoms. The molecule has 4 rings (SSSR count). The summed E-state index contributed by atoms with van der Waals surface area (Å²) in [5.74, 6) is 0.713. The van der Waals surface area contributed by atoms with Crippen LogP contribution in [0.3, 0.4) is 0 Å². The number of nitrogens with one attached hydrogen (secondary N) is 1. The minimum atomic E-state index is 0.460. The van der Waals surface area contributed by atoms with Crippen LogP contribution in [-0.4, -0.2) is 49.1 Å².